The summed E-state index contributed by atoms with van der Waals surface area (Å²) in [6.45, 7) is 1.05. The first kappa shape index (κ1) is 11.6. The molecule has 2 heterocycles. The van der Waals surface area contributed by atoms with E-state index in [0.717, 1.165) is 12.8 Å². The fraction of sp³-hybridized carbons (Fsp3) is 0.444. The summed E-state index contributed by atoms with van der Waals surface area (Å²) in [7, 11) is -3.50. The van der Waals surface area contributed by atoms with Gasteiger partial charge >= 0.3 is 0 Å². The number of nitrogens with one attached hydrogen (secondary N) is 1. The molecule has 5 nitrogen and oxygen atoms in total. The van der Waals surface area contributed by atoms with E-state index in [1.165, 1.54) is 16.6 Å². The quantitative estimate of drug-likeness (QED) is 0.858. The van der Waals surface area contributed by atoms with Crippen molar-refractivity contribution in [2.24, 2.45) is 0 Å². The minimum absolute atomic E-state index is 0.0407. The summed E-state index contributed by atoms with van der Waals surface area (Å²) in [5.41, 5.74) is -0.484. The SMILES string of the molecule is O=c1[nH]cc(S(=O)(=O)N2CCCC2)cc1Cl. The molecule has 1 aromatic rings. The van der Waals surface area contributed by atoms with E-state index in [0.29, 0.717) is 13.1 Å². The molecule has 0 aromatic carbocycles. The van der Waals surface area contributed by atoms with Gasteiger partial charge in [0.15, 0.2) is 0 Å². The molecule has 0 atom stereocenters. The Hall–Kier alpha value is -0.850. The van der Waals surface area contributed by atoms with Crippen LogP contribution in [0.4, 0.5) is 0 Å². The Morgan fingerprint density at radius 3 is 2.50 bits per heavy atom. The Morgan fingerprint density at radius 1 is 1.31 bits per heavy atom. The zero-order valence-corrected chi connectivity index (χ0v) is 10.0. The van der Waals surface area contributed by atoms with Crippen LogP contribution < -0.4 is 5.56 Å². The lowest BCUT2D eigenvalue weighted by molar-refractivity contribution is 0.477. The number of aromatic amines is 1. The zero-order valence-electron chi connectivity index (χ0n) is 8.44. The van der Waals surface area contributed by atoms with E-state index in [1.807, 2.05) is 0 Å². The highest BCUT2D eigenvalue weighted by molar-refractivity contribution is 7.89. The number of halogens is 1. The first-order valence-electron chi connectivity index (χ1n) is 4.90. The predicted octanol–water partition coefficient (Wildman–Crippen LogP) is 0.813. The minimum Gasteiger partial charge on any atom is -0.326 e. The monoisotopic (exact) mass is 262 g/mol. The molecule has 1 aliphatic heterocycles. The summed E-state index contributed by atoms with van der Waals surface area (Å²) in [5, 5.41) is -0.111. The molecular weight excluding hydrogens is 252 g/mol. The highest BCUT2D eigenvalue weighted by atomic mass is 35.5. The molecule has 1 saturated heterocycles. The maximum Gasteiger partial charge on any atom is 0.266 e. The number of H-pyrrole nitrogens is 1. The smallest absolute Gasteiger partial charge is 0.266 e. The molecule has 0 aliphatic carbocycles. The second-order valence-corrected chi connectivity index (χ2v) is 5.97. The lowest BCUT2D eigenvalue weighted by atomic mass is 10.4. The third kappa shape index (κ3) is 2.00. The van der Waals surface area contributed by atoms with Crippen molar-refractivity contribution in [1.29, 1.82) is 0 Å². The van der Waals surface area contributed by atoms with Crippen LogP contribution in [0, 0.1) is 0 Å². The van der Waals surface area contributed by atoms with Crippen molar-refractivity contribution in [3.63, 3.8) is 0 Å². The maximum atomic E-state index is 12.0. The molecule has 1 aliphatic rings. The average Bonchev–Trinajstić information content (AvgIpc) is 2.75. The van der Waals surface area contributed by atoms with Crippen LogP contribution in [0.15, 0.2) is 22.0 Å². The van der Waals surface area contributed by atoms with Crippen LogP contribution in [-0.4, -0.2) is 30.8 Å². The van der Waals surface area contributed by atoms with Gasteiger partial charge in [-0.1, -0.05) is 11.6 Å². The number of aromatic nitrogens is 1. The maximum absolute atomic E-state index is 12.0. The molecule has 1 N–H and O–H groups in total. The van der Waals surface area contributed by atoms with Crippen LogP contribution in [0.1, 0.15) is 12.8 Å². The van der Waals surface area contributed by atoms with Crippen molar-refractivity contribution in [3.05, 3.63) is 27.6 Å². The number of hydrogen-bond acceptors (Lipinski definition) is 3. The molecule has 1 fully saturated rings. The van der Waals surface area contributed by atoms with Gasteiger partial charge < -0.3 is 4.98 Å². The van der Waals surface area contributed by atoms with Crippen LogP contribution >= 0.6 is 11.6 Å². The Kier molecular flexibility index (Phi) is 3.05. The standard InChI is InChI=1S/C9H11ClN2O3S/c10-8-5-7(6-11-9(8)13)16(14,15)12-3-1-2-4-12/h5-6H,1-4H2,(H,11,13). The van der Waals surface area contributed by atoms with E-state index in [1.54, 1.807) is 0 Å². The molecule has 0 bridgehead atoms. The largest absolute Gasteiger partial charge is 0.326 e. The van der Waals surface area contributed by atoms with Crippen molar-refractivity contribution < 1.29 is 8.42 Å². The van der Waals surface area contributed by atoms with E-state index >= 15 is 0 Å². The van der Waals surface area contributed by atoms with E-state index in [2.05, 4.69) is 4.98 Å². The van der Waals surface area contributed by atoms with Crippen molar-refractivity contribution >= 4 is 21.6 Å². The molecular formula is C9H11ClN2O3S. The summed E-state index contributed by atoms with van der Waals surface area (Å²) < 4.78 is 25.5. The van der Waals surface area contributed by atoms with Crippen LogP contribution in [0.5, 0.6) is 0 Å². The van der Waals surface area contributed by atoms with Gasteiger partial charge in [0, 0.05) is 19.3 Å². The number of rotatable bonds is 2. The summed E-state index contributed by atoms with van der Waals surface area (Å²) in [5.74, 6) is 0. The Balaban J connectivity index is 2.42. The molecule has 2 rings (SSSR count). The lowest BCUT2D eigenvalue weighted by Gasteiger charge is -2.14. The second kappa shape index (κ2) is 4.20. The lowest BCUT2D eigenvalue weighted by Crippen LogP contribution is -2.28. The molecule has 88 valence electrons. The Morgan fingerprint density at radius 2 is 1.94 bits per heavy atom. The van der Waals surface area contributed by atoms with Gasteiger partial charge in [-0.05, 0) is 18.9 Å². The first-order chi connectivity index (χ1) is 7.51. The summed E-state index contributed by atoms with van der Waals surface area (Å²) >= 11 is 5.60. The van der Waals surface area contributed by atoms with Gasteiger partial charge in [0.2, 0.25) is 10.0 Å². The number of sulfonamides is 1. The van der Waals surface area contributed by atoms with Gasteiger partial charge in [0.1, 0.15) is 5.02 Å². The minimum atomic E-state index is -3.50. The highest BCUT2D eigenvalue weighted by Crippen LogP contribution is 2.20. The fourth-order valence-corrected chi connectivity index (χ4v) is 3.41. The Labute approximate surface area is 98.1 Å². The number of nitrogens with zero attached hydrogens (tertiary/aromatic N) is 1. The second-order valence-electron chi connectivity index (χ2n) is 3.62. The summed E-state index contributed by atoms with van der Waals surface area (Å²) in [4.78, 5) is 13.4. The highest BCUT2D eigenvalue weighted by Gasteiger charge is 2.27. The first-order valence-corrected chi connectivity index (χ1v) is 6.72. The van der Waals surface area contributed by atoms with E-state index in [4.69, 9.17) is 11.6 Å². The third-order valence-electron chi connectivity index (χ3n) is 2.53. The molecule has 1 aromatic heterocycles. The van der Waals surface area contributed by atoms with E-state index in [-0.39, 0.29) is 9.92 Å². The number of hydrogen-bond donors (Lipinski definition) is 1. The normalized spacial score (nSPS) is 17.8. The topological polar surface area (TPSA) is 70.2 Å². The zero-order chi connectivity index (χ0) is 11.8. The molecule has 16 heavy (non-hydrogen) atoms. The van der Waals surface area contributed by atoms with Crippen molar-refractivity contribution in [3.8, 4) is 0 Å². The van der Waals surface area contributed by atoms with Crippen molar-refractivity contribution in [2.45, 2.75) is 17.7 Å². The Bertz CT molecular complexity index is 546. The van der Waals surface area contributed by atoms with Crippen LogP contribution in [-0.2, 0) is 10.0 Å². The van der Waals surface area contributed by atoms with Crippen LogP contribution in [0.25, 0.3) is 0 Å². The molecule has 0 radical (unpaired) electrons. The third-order valence-corrected chi connectivity index (χ3v) is 4.69. The molecule has 0 saturated carbocycles. The van der Waals surface area contributed by atoms with Gasteiger partial charge in [-0.3, -0.25) is 4.79 Å². The predicted molar refractivity (Wildman–Crippen MR) is 60.1 cm³/mol. The summed E-state index contributed by atoms with van der Waals surface area (Å²) in [6.07, 6.45) is 2.93. The van der Waals surface area contributed by atoms with Gasteiger partial charge in [0.25, 0.3) is 5.56 Å². The van der Waals surface area contributed by atoms with Crippen LogP contribution in [0.2, 0.25) is 5.02 Å². The van der Waals surface area contributed by atoms with Gasteiger partial charge in [-0.25, -0.2) is 8.42 Å². The van der Waals surface area contributed by atoms with Gasteiger partial charge in [-0.2, -0.15) is 4.31 Å². The van der Waals surface area contributed by atoms with Crippen LogP contribution in [0.3, 0.4) is 0 Å². The van der Waals surface area contributed by atoms with Gasteiger partial charge in [0.05, 0.1) is 4.90 Å². The average molecular weight is 263 g/mol. The summed E-state index contributed by atoms with van der Waals surface area (Å²) in [6, 6.07) is 1.19. The van der Waals surface area contributed by atoms with E-state index < -0.39 is 15.6 Å². The van der Waals surface area contributed by atoms with Crippen molar-refractivity contribution in [1.82, 2.24) is 9.29 Å². The molecule has 0 amide bonds. The molecule has 7 heteroatoms. The molecule has 0 unspecified atom stereocenters. The number of pyridine rings is 1. The van der Waals surface area contributed by atoms with Crippen molar-refractivity contribution in [2.75, 3.05) is 13.1 Å². The fourth-order valence-electron chi connectivity index (χ4n) is 1.66. The van der Waals surface area contributed by atoms with E-state index in [9.17, 15) is 13.2 Å². The van der Waals surface area contributed by atoms with Gasteiger partial charge in [-0.15, -0.1) is 0 Å². The molecule has 0 spiro atoms.